The molecule has 2 N–H and O–H groups in total. The Balaban J connectivity index is 1.59. The Kier molecular flexibility index (Phi) is 10.7. The number of piperidine rings is 1. The lowest BCUT2D eigenvalue weighted by Gasteiger charge is -2.34. The summed E-state index contributed by atoms with van der Waals surface area (Å²) < 4.78 is 73.5. The second kappa shape index (κ2) is 14.2. The molecular formula is C32H34F3N3O6S. The molecule has 0 radical (unpaired) electrons. The average Bonchev–Trinajstić information content (AvgIpc) is 3.01. The molecule has 2 amide bonds. The Morgan fingerprint density at radius 2 is 1.69 bits per heavy atom. The van der Waals surface area contributed by atoms with Crippen LogP contribution in [0.2, 0.25) is 0 Å². The van der Waals surface area contributed by atoms with Gasteiger partial charge in [-0.15, -0.1) is 0 Å². The Morgan fingerprint density at radius 1 is 1.00 bits per heavy atom. The van der Waals surface area contributed by atoms with Gasteiger partial charge >= 0.3 is 6.18 Å². The summed E-state index contributed by atoms with van der Waals surface area (Å²) in [6.45, 7) is 3.64. The Hall–Kier alpha value is -4.23. The molecule has 13 heteroatoms. The molecule has 0 aliphatic carbocycles. The fraction of sp³-hybridized carbons (Fsp3) is 0.344. The van der Waals surface area contributed by atoms with Gasteiger partial charge in [0.2, 0.25) is 21.8 Å². The number of halogens is 3. The first-order valence-electron chi connectivity index (χ1n) is 14.4. The molecule has 9 nitrogen and oxygen atoms in total. The monoisotopic (exact) mass is 645 g/mol. The van der Waals surface area contributed by atoms with Crippen molar-refractivity contribution in [2.45, 2.75) is 62.7 Å². The topological polar surface area (TPSA) is 122 Å². The van der Waals surface area contributed by atoms with E-state index in [4.69, 9.17) is 4.74 Å². The second-order valence-electron chi connectivity index (χ2n) is 10.6. The Labute approximate surface area is 259 Å². The van der Waals surface area contributed by atoms with Gasteiger partial charge in [-0.3, -0.25) is 14.4 Å². The average molecular weight is 646 g/mol. The van der Waals surface area contributed by atoms with Gasteiger partial charge in [0.15, 0.2) is 5.78 Å². The van der Waals surface area contributed by atoms with Crippen LogP contribution in [0.25, 0.3) is 0 Å². The summed E-state index contributed by atoms with van der Waals surface area (Å²) >= 11 is 0. The van der Waals surface area contributed by atoms with Crippen LogP contribution in [0.1, 0.15) is 54.6 Å². The number of sulfonamides is 1. The Morgan fingerprint density at radius 3 is 2.31 bits per heavy atom. The van der Waals surface area contributed by atoms with Crippen LogP contribution in [-0.2, 0) is 32.2 Å². The number of rotatable bonds is 11. The van der Waals surface area contributed by atoms with Crippen molar-refractivity contribution in [3.8, 4) is 5.75 Å². The summed E-state index contributed by atoms with van der Waals surface area (Å²) in [5.74, 6) is -0.868. The number of Topliss-reactive ketones (excluding diaryl/α,β-unsaturated/α-hetero) is 1. The van der Waals surface area contributed by atoms with E-state index in [-0.39, 0.29) is 25.2 Å². The van der Waals surface area contributed by atoms with Gasteiger partial charge in [-0.1, -0.05) is 36.8 Å². The van der Waals surface area contributed by atoms with Gasteiger partial charge in [-0.25, -0.2) is 8.42 Å². The summed E-state index contributed by atoms with van der Waals surface area (Å²) in [6, 6.07) is 14.1. The van der Waals surface area contributed by atoms with Crippen molar-refractivity contribution in [3.05, 3.63) is 89.5 Å². The van der Waals surface area contributed by atoms with Crippen molar-refractivity contribution in [3.63, 3.8) is 0 Å². The van der Waals surface area contributed by atoms with Crippen LogP contribution in [0.3, 0.4) is 0 Å². The van der Waals surface area contributed by atoms with E-state index < -0.39 is 50.6 Å². The molecule has 0 spiro atoms. The highest BCUT2D eigenvalue weighted by molar-refractivity contribution is 7.89. The fourth-order valence-electron chi connectivity index (χ4n) is 5.04. The maximum atomic E-state index is 13.7. The van der Waals surface area contributed by atoms with Crippen LogP contribution >= 0.6 is 0 Å². The van der Waals surface area contributed by atoms with Gasteiger partial charge in [0, 0.05) is 24.2 Å². The first-order chi connectivity index (χ1) is 21.3. The molecule has 1 saturated heterocycles. The van der Waals surface area contributed by atoms with E-state index in [2.05, 4.69) is 10.6 Å². The van der Waals surface area contributed by atoms with Crippen molar-refractivity contribution in [2.24, 2.45) is 0 Å². The minimum absolute atomic E-state index is 0.0138. The standard InChI is InChI=1S/C32H34F3N3O6S/c1-3-44-26-16-14-25(15-17-26)36-30(40)28(19-22-10-12-23(13-11-22)21(2)39)37-31(41)29-9-4-5-18-38(29)45(42,43)27-8-6-7-24(20-27)32(33,34)35/h6-8,10-17,20,28-29H,3-5,9,18-19H2,1-2H3,(H,36,40)(H,37,41)/t28-,29-/m0/s1. The quantitative estimate of drug-likeness (QED) is 0.276. The first kappa shape index (κ1) is 33.7. The number of hydrogen-bond acceptors (Lipinski definition) is 6. The van der Waals surface area contributed by atoms with E-state index in [1.165, 1.54) is 6.92 Å². The zero-order valence-electron chi connectivity index (χ0n) is 24.8. The third-order valence-electron chi connectivity index (χ3n) is 7.39. The molecule has 3 aromatic rings. The summed E-state index contributed by atoms with van der Waals surface area (Å²) in [6.07, 6.45) is -3.71. The van der Waals surface area contributed by atoms with Crippen LogP contribution in [0.15, 0.2) is 77.7 Å². The lowest BCUT2D eigenvalue weighted by molar-refractivity contribution is -0.137. The summed E-state index contributed by atoms with van der Waals surface area (Å²) in [4.78, 5) is 38.3. The van der Waals surface area contributed by atoms with E-state index in [0.29, 0.717) is 48.1 Å². The molecule has 0 bridgehead atoms. The number of ketones is 1. The number of ether oxygens (including phenoxy) is 1. The zero-order valence-corrected chi connectivity index (χ0v) is 25.6. The predicted octanol–water partition coefficient (Wildman–Crippen LogP) is 5.22. The number of alkyl halides is 3. The van der Waals surface area contributed by atoms with Gasteiger partial charge in [0.25, 0.3) is 0 Å². The predicted molar refractivity (Wildman–Crippen MR) is 161 cm³/mol. The number of amides is 2. The van der Waals surface area contributed by atoms with Crippen molar-refractivity contribution in [1.82, 2.24) is 9.62 Å². The van der Waals surface area contributed by atoms with E-state index in [0.717, 1.165) is 22.5 Å². The van der Waals surface area contributed by atoms with Crippen LogP contribution in [0.4, 0.5) is 18.9 Å². The van der Waals surface area contributed by atoms with Gasteiger partial charge in [-0.05, 0) is 74.7 Å². The highest BCUT2D eigenvalue weighted by atomic mass is 32.2. The fourth-order valence-corrected chi connectivity index (χ4v) is 6.74. The van der Waals surface area contributed by atoms with E-state index >= 15 is 0 Å². The van der Waals surface area contributed by atoms with Crippen LogP contribution in [0, 0.1) is 0 Å². The van der Waals surface area contributed by atoms with E-state index in [9.17, 15) is 36.0 Å². The number of nitrogens with one attached hydrogen (secondary N) is 2. The molecule has 4 rings (SSSR count). The summed E-state index contributed by atoms with van der Waals surface area (Å²) in [5, 5.41) is 5.44. The number of anilines is 1. The molecule has 1 aliphatic rings. The van der Waals surface area contributed by atoms with Gasteiger partial charge in [0.05, 0.1) is 17.1 Å². The third-order valence-corrected chi connectivity index (χ3v) is 9.29. The number of carbonyl (C=O) groups excluding carboxylic acids is 3. The highest BCUT2D eigenvalue weighted by Gasteiger charge is 2.40. The van der Waals surface area contributed by atoms with Crippen LogP contribution < -0.4 is 15.4 Å². The number of benzene rings is 3. The van der Waals surface area contributed by atoms with Crippen molar-refractivity contribution >= 4 is 33.3 Å². The third kappa shape index (κ3) is 8.49. The molecule has 0 aromatic heterocycles. The molecule has 45 heavy (non-hydrogen) atoms. The number of carbonyl (C=O) groups is 3. The van der Waals surface area contributed by atoms with Crippen molar-refractivity contribution in [1.29, 1.82) is 0 Å². The van der Waals surface area contributed by atoms with Crippen molar-refractivity contribution < 1.29 is 40.7 Å². The molecule has 0 saturated carbocycles. The smallest absolute Gasteiger partial charge is 0.416 e. The number of nitrogens with zero attached hydrogens (tertiary/aromatic N) is 1. The number of hydrogen-bond donors (Lipinski definition) is 2. The molecule has 240 valence electrons. The minimum atomic E-state index is -4.75. The summed E-state index contributed by atoms with van der Waals surface area (Å²) in [5.41, 5.74) is 0.407. The van der Waals surface area contributed by atoms with Gasteiger partial charge < -0.3 is 15.4 Å². The van der Waals surface area contributed by atoms with Crippen LogP contribution in [0.5, 0.6) is 5.75 Å². The maximum Gasteiger partial charge on any atom is 0.416 e. The largest absolute Gasteiger partial charge is 0.494 e. The van der Waals surface area contributed by atoms with Gasteiger partial charge in [0.1, 0.15) is 17.8 Å². The molecule has 1 aliphatic heterocycles. The van der Waals surface area contributed by atoms with E-state index in [1.807, 2.05) is 6.92 Å². The SMILES string of the molecule is CCOc1ccc(NC(=O)[C@H](Cc2ccc(C(C)=O)cc2)NC(=O)[C@@H]2CCCCN2S(=O)(=O)c2cccc(C(F)(F)F)c2)cc1. The minimum Gasteiger partial charge on any atom is -0.494 e. The lowest BCUT2D eigenvalue weighted by atomic mass is 10.0. The highest BCUT2D eigenvalue weighted by Crippen LogP contribution is 2.32. The lowest BCUT2D eigenvalue weighted by Crippen LogP contribution is -2.56. The molecule has 0 unspecified atom stereocenters. The molecular weight excluding hydrogens is 611 g/mol. The van der Waals surface area contributed by atoms with E-state index in [1.54, 1.807) is 48.5 Å². The molecule has 2 atom stereocenters. The Bertz CT molecular complexity index is 1630. The normalized spacial score (nSPS) is 16.4. The molecule has 1 fully saturated rings. The second-order valence-corrected chi connectivity index (χ2v) is 12.5. The van der Waals surface area contributed by atoms with Crippen LogP contribution in [-0.4, -0.2) is 55.6 Å². The van der Waals surface area contributed by atoms with Gasteiger partial charge in [-0.2, -0.15) is 17.5 Å². The molecule has 1 heterocycles. The summed E-state index contributed by atoms with van der Waals surface area (Å²) in [7, 11) is -4.50. The first-order valence-corrected chi connectivity index (χ1v) is 15.9. The maximum absolute atomic E-state index is 13.7. The molecule has 3 aromatic carbocycles. The van der Waals surface area contributed by atoms with Crippen molar-refractivity contribution in [2.75, 3.05) is 18.5 Å². The zero-order chi connectivity index (χ0) is 32.8.